The first-order valence-corrected chi connectivity index (χ1v) is 11.6. The molecule has 5 nitrogen and oxygen atoms in total. The van der Waals surface area contributed by atoms with E-state index in [2.05, 4.69) is 10.0 Å². The molecule has 27 heavy (non-hydrogen) atoms. The van der Waals surface area contributed by atoms with E-state index in [1.54, 1.807) is 30.8 Å². The molecule has 0 heterocycles. The van der Waals surface area contributed by atoms with Gasteiger partial charge in [0.05, 0.1) is 4.90 Å². The monoisotopic (exact) mass is 406 g/mol. The van der Waals surface area contributed by atoms with Gasteiger partial charge in [-0.2, -0.15) is 16.5 Å². The van der Waals surface area contributed by atoms with Crippen LogP contribution in [0.5, 0.6) is 0 Å². The van der Waals surface area contributed by atoms with Gasteiger partial charge in [-0.3, -0.25) is 4.79 Å². The zero-order chi connectivity index (χ0) is 19.9. The Hall–Kier alpha value is -1.83. The molecule has 2 N–H and O–H groups in total. The smallest absolute Gasteiger partial charge is 0.241 e. The molecule has 146 valence electrons. The van der Waals surface area contributed by atoms with Crippen LogP contribution < -0.4 is 10.0 Å². The average Bonchev–Trinajstić information content (AvgIpc) is 2.63. The predicted molar refractivity (Wildman–Crippen MR) is 111 cm³/mol. The van der Waals surface area contributed by atoms with Gasteiger partial charge in [0.25, 0.3) is 0 Å². The van der Waals surface area contributed by atoms with Crippen LogP contribution in [-0.4, -0.2) is 32.4 Å². The van der Waals surface area contributed by atoms with Crippen molar-refractivity contribution in [1.29, 1.82) is 0 Å². The molecule has 2 aromatic rings. The molecule has 0 aliphatic heterocycles. The summed E-state index contributed by atoms with van der Waals surface area (Å²) in [6, 6.07) is 13.9. The third-order valence-electron chi connectivity index (χ3n) is 4.15. The summed E-state index contributed by atoms with van der Waals surface area (Å²) < 4.78 is 28.2. The molecule has 1 unspecified atom stereocenters. The van der Waals surface area contributed by atoms with Crippen LogP contribution >= 0.6 is 11.8 Å². The van der Waals surface area contributed by atoms with Gasteiger partial charge in [-0.05, 0) is 49.5 Å². The van der Waals surface area contributed by atoms with Gasteiger partial charge in [-0.25, -0.2) is 8.42 Å². The van der Waals surface area contributed by atoms with Gasteiger partial charge in [0, 0.05) is 6.54 Å². The number of aryl methyl sites for hydroxylation is 2. The molecule has 0 aliphatic carbocycles. The van der Waals surface area contributed by atoms with E-state index in [9.17, 15) is 13.2 Å². The molecule has 0 aromatic heterocycles. The van der Waals surface area contributed by atoms with E-state index in [-0.39, 0.29) is 10.8 Å². The van der Waals surface area contributed by atoms with Crippen molar-refractivity contribution in [1.82, 2.24) is 10.0 Å². The molecule has 0 fully saturated rings. The number of carbonyl (C=O) groups excluding carboxylic acids is 1. The maximum atomic E-state index is 12.8. The Kier molecular flexibility index (Phi) is 7.89. The zero-order valence-corrected chi connectivity index (χ0v) is 17.5. The lowest BCUT2D eigenvalue weighted by Gasteiger charge is -2.19. The molecule has 0 spiro atoms. The second-order valence-corrected chi connectivity index (χ2v) is 9.10. The van der Waals surface area contributed by atoms with Gasteiger partial charge in [0.1, 0.15) is 6.04 Å². The quantitative estimate of drug-likeness (QED) is 0.671. The number of sulfonamides is 1. The summed E-state index contributed by atoms with van der Waals surface area (Å²) in [6.07, 6.45) is 2.35. The summed E-state index contributed by atoms with van der Waals surface area (Å²) in [7, 11) is -3.79. The fourth-order valence-corrected chi connectivity index (χ4v) is 4.67. The number of nitrogens with one attached hydrogen (secondary N) is 2. The van der Waals surface area contributed by atoms with Crippen LogP contribution in [0.4, 0.5) is 0 Å². The molecule has 0 bridgehead atoms. The van der Waals surface area contributed by atoms with E-state index in [0.29, 0.717) is 24.3 Å². The predicted octanol–water partition coefficient (Wildman–Crippen LogP) is 3.02. The third kappa shape index (κ3) is 6.37. The lowest BCUT2D eigenvalue weighted by atomic mass is 10.2. The Morgan fingerprint density at radius 1 is 1.11 bits per heavy atom. The molecule has 7 heteroatoms. The number of hydrogen-bond acceptors (Lipinski definition) is 4. The highest BCUT2D eigenvalue weighted by molar-refractivity contribution is 7.98. The molecule has 1 amide bonds. The summed E-state index contributed by atoms with van der Waals surface area (Å²) in [6.45, 7) is 4.03. The fourth-order valence-electron chi connectivity index (χ4n) is 2.74. The van der Waals surface area contributed by atoms with E-state index in [4.69, 9.17) is 0 Å². The van der Waals surface area contributed by atoms with Gasteiger partial charge < -0.3 is 5.32 Å². The topological polar surface area (TPSA) is 75.3 Å². The fraction of sp³-hybridized carbons (Fsp3) is 0.350. The average molecular weight is 407 g/mol. The SMILES string of the molecule is CSCCC(NS(=O)(=O)c1ccc(C)cc1C)C(=O)NCc1ccccc1. The second-order valence-electron chi connectivity index (χ2n) is 6.43. The summed E-state index contributed by atoms with van der Waals surface area (Å²) in [5, 5.41) is 2.83. The number of hydrogen-bond donors (Lipinski definition) is 2. The maximum Gasteiger partial charge on any atom is 0.241 e. The van der Waals surface area contributed by atoms with Crippen molar-refractivity contribution in [2.45, 2.75) is 37.8 Å². The molecule has 2 aromatic carbocycles. The van der Waals surface area contributed by atoms with E-state index >= 15 is 0 Å². The molecular weight excluding hydrogens is 380 g/mol. The summed E-state index contributed by atoms with van der Waals surface area (Å²) in [4.78, 5) is 12.8. The van der Waals surface area contributed by atoms with E-state index < -0.39 is 16.1 Å². The van der Waals surface area contributed by atoms with E-state index in [0.717, 1.165) is 11.1 Å². The Morgan fingerprint density at radius 3 is 2.44 bits per heavy atom. The number of amides is 1. The largest absolute Gasteiger partial charge is 0.351 e. The van der Waals surface area contributed by atoms with Crippen LogP contribution in [0.3, 0.4) is 0 Å². The number of benzene rings is 2. The summed E-state index contributed by atoms with van der Waals surface area (Å²) >= 11 is 1.57. The minimum Gasteiger partial charge on any atom is -0.351 e. The Bertz CT molecular complexity index is 868. The van der Waals surface area contributed by atoms with E-state index in [1.165, 1.54) is 0 Å². The van der Waals surface area contributed by atoms with Crippen molar-refractivity contribution in [3.8, 4) is 0 Å². The van der Waals surface area contributed by atoms with Crippen LogP contribution in [0.15, 0.2) is 53.4 Å². The molecule has 0 radical (unpaired) electrons. The van der Waals surface area contributed by atoms with Crippen molar-refractivity contribution < 1.29 is 13.2 Å². The maximum absolute atomic E-state index is 12.8. The number of carbonyl (C=O) groups is 1. The highest BCUT2D eigenvalue weighted by atomic mass is 32.2. The van der Waals surface area contributed by atoms with Crippen molar-refractivity contribution in [3.05, 3.63) is 65.2 Å². The van der Waals surface area contributed by atoms with Crippen LogP contribution in [0.2, 0.25) is 0 Å². The second kappa shape index (κ2) is 9.92. The van der Waals surface area contributed by atoms with Gasteiger partial charge in [-0.1, -0.05) is 48.0 Å². The Labute approximate surface area is 166 Å². The summed E-state index contributed by atoms with van der Waals surface area (Å²) in [5.41, 5.74) is 2.62. The lowest BCUT2D eigenvalue weighted by Crippen LogP contribution is -2.46. The number of thioether (sulfide) groups is 1. The third-order valence-corrected chi connectivity index (χ3v) is 6.43. The Morgan fingerprint density at radius 2 is 1.81 bits per heavy atom. The van der Waals surface area contributed by atoms with Crippen LogP contribution in [0.1, 0.15) is 23.1 Å². The van der Waals surface area contributed by atoms with Gasteiger partial charge in [-0.15, -0.1) is 0 Å². The number of rotatable bonds is 9. The molecule has 0 aliphatic rings. The molecule has 0 saturated carbocycles. The first-order valence-electron chi connectivity index (χ1n) is 8.73. The van der Waals surface area contributed by atoms with Crippen molar-refractivity contribution in [2.24, 2.45) is 0 Å². The van der Waals surface area contributed by atoms with Crippen molar-refractivity contribution in [3.63, 3.8) is 0 Å². The molecular formula is C20H26N2O3S2. The molecule has 2 rings (SSSR count). The minimum absolute atomic E-state index is 0.207. The van der Waals surface area contributed by atoms with Crippen molar-refractivity contribution >= 4 is 27.7 Å². The van der Waals surface area contributed by atoms with Gasteiger partial charge in [0.15, 0.2) is 0 Å². The highest BCUT2D eigenvalue weighted by Crippen LogP contribution is 2.17. The highest BCUT2D eigenvalue weighted by Gasteiger charge is 2.26. The van der Waals surface area contributed by atoms with Crippen molar-refractivity contribution in [2.75, 3.05) is 12.0 Å². The first-order chi connectivity index (χ1) is 12.8. The van der Waals surface area contributed by atoms with E-state index in [1.807, 2.05) is 49.6 Å². The molecule has 0 saturated heterocycles. The lowest BCUT2D eigenvalue weighted by molar-refractivity contribution is -0.122. The van der Waals surface area contributed by atoms with Crippen LogP contribution in [0, 0.1) is 13.8 Å². The molecule has 1 atom stereocenters. The normalized spacial score (nSPS) is 12.6. The zero-order valence-electron chi connectivity index (χ0n) is 15.9. The first kappa shape index (κ1) is 21.5. The summed E-state index contributed by atoms with van der Waals surface area (Å²) in [5.74, 6) is 0.361. The van der Waals surface area contributed by atoms with Gasteiger partial charge in [0.2, 0.25) is 15.9 Å². The van der Waals surface area contributed by atoms with Crippen LogP contribution in [-0.2, 0) is 21.4 Å². The minimum atomic E-state index is -3.79. The van der Waals surface area contributed by atoms with Gasteiger partial charge >= 0.3 is 0 Å². The Balaban J connectivity index is 2.13. The standard InChI is InChI=1S/C20H26N2O3S2/c1-15-9-10-19(16(2)13-15)27(24,25)22-18(11-12-26-3)20(23)21-14-17-7-5-4-6-8-17/h4-10,13,18,22H,11-12,14H2,1-3H3,(H,21,23). The van der Waals surface area contributed by atoms with Crippen LogP contribution in [0.25, 0.3) is 0 Å².